The maximum Gasteiger partial charge on any atom is 0.228 e. The quantitative estimate of drug-likeness (QED) is 0.733. The summed E-state index contributed by atoms with van der Waals surface area (Å²) in [5.41, 5.74) is 5.29. The van der Waals surface area contributed by atoms with Crippen molar-refractivity contribution in [2.24, 2.45) is 16.6 Å². The van der Waals surface area contributed by atoms with Crippen LogP contribution < -0.4 is 11.1 Å². The van der Waals surface area contributed by atoms with E-state index in [1.165, 1.54) is 0 Å². The molecule has 0 fully saturated rings. The van der Waals surface area contributed by atoms with Gasteiger partial charge in [0.2, 0.25) is 5.91 Å². The van der Waals surface area contributed by atoms with E-state index in [1.54, 1.807) is 7.11 Å². The van der Waals surface area contributed by atoms with Crippen LogP contribution in [0.2, 0.25) is 0 Å². The third-order valence-electron chi connectivity index (χ3n) is 2.78. The molecular formula is C14H30N2O2. The Balaban J connectivity index is 4.36. The predicted octanol–water partition coefficient (Wildman–Crippen LogP) is 1.93. The Morgan fingerprint density at radius 1 is 1.17 bits per heavy atom. The lowest BCUT2D eigenvalue weighted by Gasteiger charge is -2.33. The first-order valence-electron chi connectivity index (χ1n) is 6.46. The molecule has 4 nitrogen and oxygen atoms in total. The van der Waals surface area contributed by atoms with E-state index in [9.17, 15) is 4.79 Å². The normalized spacial score (nSPS) is 13.6. The summed E-state index contributed by atoms with van der Waals surface area (Å²) in [7, 11) is 1.61. The van der Waals surface area contributed by atoms with Crippen molar-refractivity contribution in [3.05, 3.63) is 0 Å². The molecule has 108 valence electrons. The second-order valence-electron chi connectivity index (χ2n) is 7.33. The summed E-state index contributed by atoms with van der Waals surface area (Å²) in [5, 5.41) is 3.00. The fourth-order valence-electron chi connectivity index (χ4n) is 2.28. The summed E-state index contributed by atoms with van der Waals surface area (Å²) in [4.78, 5) is 12.0. The van der Waals surface area contributed by atoms with Crippen LogP contribution in [0, 0.1) is 10.8 Å². The van der Waals surface area contributed by atoms with E-state index in [4.69, 9.17) is 10.5 Å². The Morgan fingerprint density at radius 3 is 2.06 bits per heavy atom. The minimum Gasteiger partial charge on any atom is -0.384 e. The number of carbonyl (C=O) groups excluding carboxylic acids is 1. The summed E-state index contributed by atoms with van der Waals surface area (Å²) in [6, 6.07) is 0. The molecule has 0 rings (SSSR count). The lowest BCUT2D eigenvalue weighted by Crippen LogP contribution is -2.46. The zero-order valence-electron chi connectivity index (χ0n) is 13.0. The van der Waals surface area contributed by atoms with Gasteiger partial charge in [-0.1, -0.05) is 13.8 Å². The fraction of sp³-hybridized carbons (Fsp3) is 0.929. The zero-order valence-corrected chi connectivity index (χ0v) is 13.0. The molecule has 0 aromatic heterocycles. The van der Waals surface area contributed by atoms with Crippen molar-refractivity contribution in [3.63, 3.8) is 0 Å². The Bertz CT molecular complexity index is 278. The minimum atomic E-state index is -0.497. The van der Waals surface area contributed by atoms with E-state index in [-0.39, 0.29) is 16.9 Å². The van der Waals surface area contributed by atoms with Crippen molar-refractivity contribution in [2.75, 3.05) is 20.3 Å². The van der Waals surface area contributed by atoms with Crippen molar-refractivity contribution >= 4 is 5.91 Å². The molecule has 0 bridgehead atoms. The molecule has 1 amide bonds. The van der Waals surface area contributed by atoms with E-state index in [2.05, 4.69) is 19.2 Å². The highest BCUT2D eigenvalue weighted by Crippen LogP contribution is 2.26. The molecule has 3 N–H and O–H groups in total. The van der Waals surface area contributed by atoms with E-state index < -0.39 is 5.41 Å². The average molecular weight is 258 g/mol. The van der Waals surface area contributed by atoms with Crippen molar-refractivity contribution in [1.29, 1.82) is 0 Å². The van der Waals surface area contributed by atoms with Crippen LogP contribution in [0.15, 0.2) is 0 Å². The fourth-order valence-corrected chi connectivity index (χ4v) is 2.28. The number of nitrogens with one attached hydrogen (secondary N) is 1. The van der Waals surface area contributed by atoms with Gasteiger partial charge in [-0.2, -0.15) is 0 Å². The van der Waals surface area contributed by atoms with Crippen molar-refractivity contribution < 1.29 is 9.53 Å². The summed E-state index contributed by atoms with van der Waals surface area (Å²) >= 11 is 0. The molecule has 18 heavy (non-hydrogen) atoms. The average Bonchev–Trinajstić information content (AvgIpc) is 2.10. The maximum atomic E-state index is 12.0. The minimum absolute atomic E-state index is 0.0168. The lowest BCUT2D eigenvalue weighted by atomic mass is 9.80. The van der Waals surface area contributed by atoms with Gasteiger partial charge < -0.3 is 15.8 Å². The van der Waals surface area contributed by atoms with Gasteiger partial charge >= 0.3 is 0 Å². The van der Waals surface area contributed by atoms with E-state index in [1.807, 2.05) is 27.7 Å². The first-order valence-corrected chi connectivity index (χ1v) is 6.46. The number of carbonyl (C=O) groups is 1. The third-order valence-corrected chi connectivity index (χ3v) is 2.78. The summed E-state index contributed by atoms with van der Waals surface area (Å²) in [5.74, 6) is 0.0206. The van der Waals surface area contributed by atoms with Crippen LogP contribution in [0.3, 0.4) is 0 Å². The van der Waals surface area contributed by atoms with Crippen LogP contribution in [0.25, 0.3) is 0 Å². The highest BCUT2D eigenvalue weighted by atomic mass is 16.5. The van der Waals surface area contributed by atoms with Crippen LogP contribution in [-0.4, -0.2) is 31.7 Å². The first kappa shape index (κ1) is 17.4. The Hall–Kier alpha value is -0.610. The topological polar surface area (TPSA) is 64.3 Å². The van der Waals surface area contributed by atoms with Gasteiger partial charge in [0.1, 0.15) is 0 Å². The number of hydrogen-bond acceptors (Lipinski definition) is 3. The largest absolute Gasteiger partial charge is 0.384 e. The van der Waals surface area contributed by atoms with Gasteiger partial charge in [-0.05, 0) is 39.5 Å². The number of hydrogen-bond donors (Lipinski definition) is 2. The van der Waals surface area contributed by atoms with Gasteiger partial charge in [-0.15, -0.1) is 0 Å². The van der Waals surface area contributed by atoms with Gasteiger partial charge in [0.25, 0.3) is 0 Å². The van der Waals surface area contributed by atoms with E-state index in [0.29, 0.717) is 13.2 Å². The van der Waals surface area contributed by atoms with Gasteiger partial charge in [0, 0.05) is 19.2 Å². The third kappa shape index (κ3) is 6.97. The first-order chi connectivity index (χ1) is 7.90. The Morgan fingerprint density at radius 2 is 1.67 bits per heavy atom. The summed E-state index contributed by atoms with van der Waals surface area (Å²) in [6.45, 7) is 13.0. The number of methoxy groups -OCH3 is 1. The smallest absolute Gasteiger partial charge is 0.228 e. The number of amides is 1. The van der Waals surface area contributed by atoms with Crippen molar-refractivity contribution in [2.45, 2.75) is 53.5 Å². The molecule has 0 aromatic carbocycles. The molecule has 0 spiro atoms. The Kier molecular flexibility index (Phi) is 5.82. The molecule has 4 heteroatoms. The number of ether oxygens (including phenoxy) is 1. The highest BCUT2D eigenvalue weighted by Gasteiger charge is 2.31. The molecule has 0 heterocycles. The molecule has 0 aliphatic rings. The van der Waals surface area contributed by atoms with Crippen LogP contribution in [0.1, 0.15) is 48.0 Å². The number of nitrogens with two attached hydrogens (primary N) is 1. The molecule has 0 aliphatic heterocycles. The monoisotopic (exact) mass is 258 g/mol. The highest BCUT2D eigenvalue weighted by molar-refractivity contribution is 5.81. The maximum absolute atomic E-state index is 12.0. The molecular weight excluding hydrogens is 228 g/mol. The molecule has 0 aromatic rings. The van der Waals surface area contributed by atoms with Crippen LogP contribution in [-0.2, 0) is 9.53 Å². The van der Waals surface area contributed by atoms with Gasteiger partial charge in [0.15, 0.2) is 0 Å². The van der Waals surface area contributed by atoms with E-state index >= 15 is 0 Å². The molecule has 0 radical (unpaired) electrons. The van der Waals surface area contributed by atoms with Crippen molar-refractivity contribution in [3.8, 4) is 0 Å². The van der Waals surface area contributed by atoms with Crippen LogP contribution in [0.4, 0.5) is 0 Å². The summed E-state index contributed by atoms with van der Waals surface area (Å²) < 4.78 is 5.06. The SMILES string of the molecule is COCC(C)(C)C(=O)NCC(C)(C)CC(C)(C)N. The number of rotatable bonds is 7. The molecule has 0 atom stereocenters. The van der Waals surface area contributed by atoms with Crippen LogP contribution >= 0.6 is 0 Å². The van der Waals surface area contributed by atoms with Gasteiger partial charge in [-0.3, -0.25) is 4.79 Å². The lowest BCUT2D eigenvalue weighted by molar-refractivity contribution is -0.132. The second-order valence-corrected chi connectivity index (χ2v) is 7.33. The van der Waals surface area contributed by atoms with Gasteiger partial charge in [-0.25, -0.2) is 0 Å². The summed E-state index contributed by atoms with van der Waals surface area (Å²) in [6.07, 6.45) is 0.852. The molecule has 0 saturated heterocycles. The Labute approximate surface area is 112 Å². The molecule has 0 saturated carbocycles. The van der Waals surface area contributed by atoms with Crippen LogP contribution in [0.5, 0.6) is 0 Å². The standard InChI is InChI=1S/C14H30N2O2/c1-12(2,8-14(5,6)15)9-16-11(17)13(3,4)10-18-7/h8-10,15H2,1-7H3,(H,16,17). The molecule has 0 aliphatic carbocycles. The molecule has 0 unspecified atom stereocenters. The van der Waals surface area contributed by atoms with E-state index in [0.717, 1.165) is 6.42 Å². The predicted molar refractivity (Wildman–Crippen MR) is 75.3 cm³/mol. The van der Waals surface area contributed by atoms with Crippen molar-refractivity contribution in [1.82, 2.24) is 5.32 Å². The van der Waals surface area contributed by atoms with Gasteiger partial charge in [0.05, 0.1) is 12.0 Å². The second kappa shape index (κ2) is 6.02. The zero-order chi connectivity index (χ0) is 14.6.